The average Bonchev–Trinajstić information content (AvgIpc) is 3.37. The zero-order valence-corrected chi connectivity index (χ0v) is 17.8. The van der Waals surface area contributed by atoms with Crippen molar-refractivity contribution < 1.29 is 16.8 Å². The van der Waals surface area contributed by atoms with Crippen molar-refractivity contribution in [2.24, 2.45) is 0 Å². The number of benzene rings is 2. The third-order valence-electron chi connectivity index (χ3n) is 4.72. The summed E-state index contributed by atoms with van der Waals surface area (Å²) in [4.78, 5) is 8.19. The van der Waals surface area contributed by atoms with Gasteiger partial charge in [0, 0.05) is 24.8 Å². The van der Waals surface area contributed by atoms with Gasteiger partial charge in [0.15, 0.2) is 0 Å². The molecule has 30 heavy (non-hydrogen) atoms. The molecule has 0 atom stereocenters. The quantitative estimate of drug-likeness (QED) is 0.471. The third kappa shape index (κ3) is 3.33. The Labute approximate surface area is 174 Å². The lowest BCUT2D eigenvalue weighted by atomic mass is 10.1. The first-order valence-corrected chi connectivity index (χ1v) is 11.8. The highest BCUT2D eigenvalue weighted by Gasteiger charge is 2.20. The van der Waals surface area contributed by atoms with Crippen molar-refractivity contribution in [2.45, 2.75) is 23.6 Å². The summed E-state index contributed by atoms with van der Waals surface area (Å²) in [6.07, 6.45) is 5.67. The van der Waals surface area contributed by atoms with E-state index in [1.165, 1.54) is 49.1 Å². The van der Waals surface area contributed by atoms with E-state index in [4.69, 9.17) is 0 Å². The number of aromatic nitrogens is 4. The lowest BCUT2D eigenvalue weighted by Gasteiger charge is -2.10. The van der Waals surface area contributed by atoms with Crippen LogP contribution in [0.2, 0.25) is 0 Å². The van der Waals surface area contributed by atoms with Gasteiger partial charge in [0.05, 0.1) is 9.79 Å². The van der Waals surface area contributed by atoms with Crippen molar-refractivity contribution in [3.8, 4) is 11.1 Å². The van der Waals surface area contributed by atoms with Gasteiger partial charge in [0.25, 0.3) is 20.0 Å². The summed E-state index contributed by atoms with van der Waals surface area (Å²) in [7, 11) is -7.43. The van der Waals surface area contributed by atoms with E-state index in [-0.39, 0.29) is 9.79 Å². The molecule has 154 valence electrons. The molecule has 10 heteroatoms. The fourth-order valence-corrected chi connectivity index (χ4v) is 5.74. The Hall–Kier alpha value is -3.24. The van der Waals surface area contributed by atoms with Gasteiger partial charge in [-0.1, -0.05) is 24.3 Å². The number of nitrogens with zero attached hydrogens (tertiary/aromatic N) is 4. The summed E-state index contributed by atoms with van der Waals surface area (Å²) in [5.74, 6) is 0.757. The zero-order chi connectivity index (χ0) is 21.5. The van der Waals surface area contributed by atoms with E-state index < -0.39 is 20.0 Å². The molecule has 0 saturated carbocycles. The number of hydrogen-bond acceptors (Lipinski definition) is 6. The predicted octanol–water partition coefficient (Wildman–Crippen LogP) is 2.84. The number of rotatable bonds is 5. The van der Waals surface area contributed by atoms with Crippen LogP contribution in [0.5, 0.6) is 0 Å². The van der Waals surface area contributed by atoms with Crippen LogP contribution in [-0.4, -0.2) is 34.7 Å². The summed E-state index contributed by atoms with van der Waals surface area (Å²) in [5, 5.41) is 0. The van der Waals surface area contributed by atoms with Crippen LogP contribution in [0.3, 0.4) is 0 Å². The fourth-order valence-electron chi connectivity index (χ4n) is 3.11. The fraction of sp³-hybridized carbons (Fsp3) is 0.100. The molecule has 0 aliphatic carbocycles. The highest BCUT2D eigenvalue weighted by Crippen LogP contribution is 2.25. The molecule has 2 heterocycles. The zero-order valence-electron chi connectivity index (χ0n) is 16.2. The molecule has 0 spiro atoms. The van der Waals surface area contributed by atoms with E-state index >= 15 is 0 Å². The van der Waals surface area contributed by atoms with Gasteiger partial charge in [0.1, 0.15) is 11.6 Å². The molecule has 0 unspecified atom stereocenters. The van der Waals surface area contributed by atoms with Gasteiger partial charge in [-0.05, 0) is 49.2 Å². The van der Waals surface area contributed by atoms with E-state index in [1.807, 2.05) is 0 Å². The van der Waals surface area contributed by atoms with Crippen LogP contribution in [0.1, 0.15) is 11.6 Å². The summed E-state index contributed by atoms with van der Waals surface area (Å²) in [6, 6.07) is 12.8. The summed E-state index contributed by atoms with van der Waals surface area (Å²) in [6.45, 7) is 3.24. The molecule has 2 aromatic heterocycles. The molecular formula is C20H18N4O4S2. The SMILES string of the molecule is Cc1nccn1S(=O)(=O)c1ccc(-c2ccc(S(=O)(=O)n3ccnc3C)cc2)cc1. The van der Waals surface area contributed by atoms with Crippen LogP contribution in [-0.2, 0) is 20.0 Å². The first-order chi connectivity index (χ1) is 14.2. The summed E-state index contributed by atoms with van der Waals surface area (Å²) >= 11 is 0. The maximum atomic E-state index is 12.7. The van der Waals surface area contributed by atoms with Crippen LogP contribution >= 0.6 is 0 Å². The van der Waals surface area contributed by atoms with Gasteiger partial charge in [-0.25, -0.2) is 34.7 Å². The molecule has 4 aromatic rings. The smallest absolute Gasteiger partial charge is 0.241 e. The van der Waals surface area contributed by atoms with Crippen molar-refractivity contribution in [3.63, 3.8) is 0 Å². The molecule has 0 aliphatic heterocycles. The highest BCUT2D eigenvalue weighted by atomic mass is 32.2. The van der Waals surface area contributed by atoms with Gasteiger partial charge in [-0.2, -0.15) is 0 Å². The molecule has 0 radical (unpaired) electrons. The number of imidazole rings is 2. The minimum atomic E-state index is -3.71. The Morgan fingerprint density at radius 1 is 0.600 bits per heavy atom. The van der Waals surface area contributed by atoms with E-state index in [9.17, 15) is 16.8 Å². The second-order valence-electron chi connectivity index (χ2n) is 6.60. The lowest BCUT2D eigenvalue weighted by molar-refractivity contribution is 0.584. The molecule has 2 aromatic carbocycles. The van der Waals surface area contributed by atoms with E-state index in [1.54, 1.807) is 38.1 Å². The molecule has 0 bridgehead atoms. The van der Waals surface area contributed by atoms with Crippen molar-refractivity contribution >= 4 is 20.0 Å². The lowest BCUT2D eigenvalue weighted by Crippen LogP contribution is -2.13. The Balaban J connectivity index is 1.63. The first kappa shape index (κ1) is 20.0. The molecule has 8 nitrogen and oxygen atoms in total. The Bertz CT molecular complexity index is 1300. The molecule has 0 saturated heterocycles. The monoisotopic (exact) mass is 442 g/mol. The van der Waals surface area contributed by atoms with Crippen LogP contribution in [0.25, 0.3) is 11.1 Å². The summed E-state index contributed by atoms with van der Waals surface area (Å²) in [5.41, 5.74) is 1.53. The second-order valence-corrected chi connectivity index (χ2v) is 10.2. The summed E-state index contributed by atoms with van der Waals surface area (Å²) < 4.78 is 53.1. The third-order valence-corrected chi connectivity index (χ3v) is 8.26. The van der Waals surface area contributed by atoms with Gasteiger partial charge in [-0.3, -0.25) is 0 Å². The van der Waals surface area contributed by atoms with Gasteiger partial charge < -0.3 is 0 Å². The van der Waals surface area contributed by atoms with Crippen LogP contribution in [0, 0.1) is 13.8 Å². The largest absolute Gasteiger partial charge is 0.269 e. The topological polar surface area (TPSA) is 104 Å². The molecule has 0 aliphatic rings. The Morgan fingerprint density at radius 2 is 0.933 bits per heavy atom. The van der Waals surface area contributed by atoms with Gasteiger partial charge >= 0.3 is 0 Å². The maximum absolute atomic E-state index is 12.7. The second kappa shape index (κ2) is 7.22. The molecule has 0 fully saturated rings. The number of aryl methyl sites for hydroxylation is 2. The van der Waals surface area contributed by atoms with Crippen molar-refractivity contribution in [2.75, 3.05) is 0 Å². The molecular weight excluding hydrogens is 424 g/mol. The minimum Gasteiger partial charge on any atom is -0.241 e. The normalized spacial score (nSPS) is 12.2. The van der Waals surface area contributed by atoms with Crippen LogP contribution < -0.4 is 0 Å². The van der Waals surface area contributed by atoms with Gasteiger partial charge in [0.2, 0.25) is 0 Å². The number of hydrogen-bond donors (Lipinski definition) is 0. The highest BCUT2D eigenvalue weighted by molar-refractivity contribution is 7.90. The maximum Gasteiger partial charge on any atom is 0.269 e. The molecule has 0 N–H and O–H groups in total. The van der Waals surface area contributed by atoms with Crippen molar-refractivity contribution in [1.29, 1.82) is 0 Å². The van der Waals surface area contributed by atoms with Gasteiger partial charge in [-0.15, -0.1) is 0 Å². The first-order valence-electron chi connectivity index (χ1n) is 8.93. The molecule has 4 rings (SSSR count). The van der Waals surface area contributed by atoms with Crippen LogP contribution in [0.15, 0.2) is 83.1 Å². The predicted molar refractivity (Wildman–Crippen MR) is 111 cm³/mol. The Kier molecular flexibility index (Phi) is 4.83. The Morgan fingerprint density at radius 3 is 1.20 bits per heavy atom. The average molecular weight is 443 g/mol. The standard InChI is InChI=1S/C20H18N4O4S2/c1-15-21-11-13-23(15)29(25,26)19-7-3-17(4-8-19)18-5-9-20(10-6-18)30(27,28)24-14-12-22-16(24)2/h3-14H,1-2H3. The van der Waals surface area contributed by atoms with E-state index in [2.05, 4.69) is 9.97 Å². The van der Waals surface area contributed by atoms with E-state index in [0.717, 1.165) is 19.1 Å². The van der Waals surface area contributed by atoms with Crippen molar-refractivity contribution in [3.05, 3.63) is 85.0 Å². The molecule has 0 amide bonds. The van der Waals surface area contributed by atoms with Crippen molar-refractivity contribution in [1.82, 2.24) is 17.9 Å². The van der Waals surface area contributed by atoms with Crippen LogP contribution in [0.4, 0.5) is 0 Å². The minimum absolute atomic E-state index is 0.141. The van der Waals surface area contributed by atoms with E-state index in [0.29, 0.717) is 11.6 Å².